The first-order valence-electron chi connectivity index (χ1n) is 2.77. The second-order valence-corrected chi connectivity index (χ2v) is 1.76. The van der Waals surface area contributed by atoms with Crippen LogP contribution < -0.4 is 5.48 Å². The van der Waals surface area contributed by atoms with Crippen molar-refractivity contribution < 1.29 is 19.2 Å². The van der Waals surface area contributed by atoms with Crippen LogP contribution in [-0.4, -0.2) is 17.4 Å². The van der Waals surface area contributed by atoms with Crippen molar-refractivity contribution in [2.45, 2.75) is 0 Å². The molecule has 5 nitrogen and oxygen atoms in total. The zero-order valence-electron chi connectivity index (χ0n) is 5.40. The fourth-order valence-corrected chi connectivity index (χ4v) is 0.593. The summed E-state index contributed by atoms with van der Waals surface area (Å²) in [5.74, 6) is -0.837. The predicted molar refractivity (Wildman–Crippen MR) is 33.3 cm³/mol. The third-order valence-electron chi connectivity index (χ3n) is 1.07. The van der Waals surface area contributed by atoms with Gasteiger partial charge in [0.05, 0.1) is 0 Å². The highest BCUT2D eigenvalue weighted by atomic mass is 16.5. The summed E-state index contributed by atoms with van der Waals surface area (Å²) in [6.07, 6.45) is 0.466. The number of rotatable bonds is 2. The summed E-state index contributed by atoms with van der Waals surface area (Å²) in [5.41, 5.74) is 1.37. The van der Waals surface area contributed by atoms with Crippen LogP contribution in [0, 0.1) is 0 Å². The Bertz CT molecular complexity index is 278. The van der Waals surface area contributed by atoms with Gasteiger partial charge in [-0.3, -0.25) is 14.8 Å². The maximum atomic E-state index is 10.6. The fraction of sp³-hybridized carbons (Fsp3) is 0. The molecule has 0 bridgehead atoms. The van der Waals surface area contributed by atoms with Crippen molar-refractivity contribution >= 4 is 12.2 Å². The Hall–Kier alpha value is -1.62. The van der Waals surface area contributed by atoms with E-state index in [2.05, 4.69) is 4.42 Å². The summed E-state index contributed by atoms with van der Waals surface area (Å²) in [5, 5.41) is 8.12. The Morgan fingerprint density at radius 3 is 2.82 bits per heavy atom. The van der Waals surface area contributed by atoms with Crippen LogP contribution in [0.4, 0.5) is 0 Å². The van der Waals surface area contributed by atoms with Gasteiger partial charge in [-0.15, -0.1) is 0 Å². The molecule has 0 fully saturated rings. The van der Waals surface area contributed by atoms with Crippen LogP contribution in [0.15, 0.2) is 16.5 Å². The normalized spacial score (nSPS) is 9.18. The molecule has 0 aliphatic carbocycles. The molecule has 0 spiro atoms. The lowest BCUT2D eigenvalue weighted by Crippen LogP contribution is -2.17. The number of carbonyl (C=O) groups is 2. The molecule has 58 valence electrons. The molecule has 0 saturated carbocycles. The highest BCUT2D eigenvalue weighted by molar-refractivity contribution is 5.91. The van der Waals surface area contributed by atoms with Crippen molar-refractivity contribution in [2.24, 2.45) is 0 Å². The quantitative estimate of drug-likeness (QED) is 0.363. The number of hydroxylamine groups is 1. The average molecular weight is 155 g/mol. The van der Waals surface area contributed by atoms with E-state index >= 15 is 0 Å². The number of nitrogens with one attached hydrogen (secondary N) is 1. The summed E-state index contributed by atoms with van der Waals surface area (Å²) < 4.78 is 4.65. The lowest BCUT2D eigenvalue weighted by atomic mass is 10.4. The standard InChI is InChI=1S/C6H5NO4/c8-3-4-1-2-5(11-4)6(9)7-10/h1-3,10H,(H,7,9). The highest BCUT2D eigenvalue weighted by Crippen LogP contribution is 2.04. The SMILES string of the molecule is O=Cc1ccc(C(=O)NO)o1. The largest absolute Gasteiger partial charge is 0.448 e. The first-order chi connectivity index (χ1) is 5.27. The minimum absolute atomic E-state index is 0.0450. The highest BCUT2D eigenvalue weighted by Gasteiger charge is 2.08. The van der Waals surface area contributed by atoms with Crippen molar-refractivity contribution in [3.8, 4) is 0 Å². The third-order valence-corrected chi connectivity index (χ3v) is 1.07. The molecule has 0 aromatic carbocycles. The van der Waals surface area contributed by atoms with Crippen molar-refractivity contribution in [3.05, 3.63) is 23.7 Å². The molecule has 0 saturated heterocycles. The maximum absolute atomic E-state index is 10.6. The number of aldehydes is 1. The Labute approximate surface area is 61.6 Å². The third kappa shape index (κ3) is 1.44. The van der Waals surface area contributed by atoms with Gasteiger partial charge in [0.1, 0.15) is 0 Å². The van der Waals surface area contributed by atoms with Crippen molar-refractivity contribution in [1.82, 2.24) is 5.48 Å². The van der Waals surface area contributed by atoms with Crippen molar-refractivity contribution in [3.63, 3.8) is 0 Å². The van der Waals surface area contributed by atoms with Crippen molar-refractivity contribution in [1.29, 1.82) is 0 Å². The number of furan rings is 1. The number of hydrogen-bond donors (Lipinski definition) is 2. The van der Waals surface area contributed by atoms with Gasteiger partial charge >= 0.3 is 5.91 Å². The Morgan fingerprint density at radius 2 is 2.36 bits per heavy atom. The van der Waals surface area contributed by atoms with Crippen LogP contribution >= 0.6 is 0 Å². The zero-order chi connectivity index (χ0) is 8.27. The monoisotopic (exact) mass is 155 g/mol. The van der Waals surface area contributed by atoms with E-state index in [1.807, 2.05) is 0 Å². The van der Waals surface area contributed by atoms with E-state index in [1.54, 1.807) is 0 Å². The van der Waals surface area contributed by atoms with E-state index in [-0.39, 0.29) is 11.5 Å². The molecule has 1 amide bonds. The molecular weight excluding hydrogens is 150 g/mol. The number of amides is 1. The van der Waals surface area contributed by atoms with E-state index in [0.29, 0.717) is 6.29 Å². The summed E-state index contributed by atoms with van der Waals surface area (Å²) in [4.78, 5) is 20.6. The van der Waals surface area contributed by atoms with Gasteiger partial charge < -0.3 is 4.42 Å². The number of hydrogen-bond acceptors (Lipinski definition) is 4. The van der Waals surface area contributed by atoms with Crippen LogP contribution in [0.1, 0.15) is 21.1 Å². The van der Waals surface area contributed by atoms with E-state index in [1.165, 1.54) is 17.6 Å². The van der Waals surface area contributed by atoms with Gasteiger partial charge in [0.2, 0.25) is 0 Å². The molecule has 1 aromatic heterocycles. The predicted octanol–water partition coefficient (Wildman–Crippen LogP) is 0.211. The van der Waals surface area contributed by atoms with Crippen molar-refractivity contribution in [2.75, 3.05) is 0 Å². The topological polar surface area (TPSA) is 79.5 Å². The summed E-state index contributed by atoms with van der Waals surface area (Å²) in [6, 6.07) is 2.62. The first-order valence-corrected chi connectivity index (χ1v) is 2.77. The van der Waals surface area contributed by atoms with Crippen LogP contribution in [0.3, 0.4) is 0 Å². The molecule has 0 radical (unpaired) electrons. The average Bonchev–Trinajstić information content (AvgIpc) is 2.50. The van der Waals surface area contributed by atoms with Gasteiger partial charge in [0.25, 0.3) is 0 Å². The molecule has 0 aliphatic heterocycles. The molecular formula is C6H5NO4. The summed E-state index contributed by atoms with van der Waals surface area (Å²) >= 11 is 0. The molecule has 5 heteroatoms. The smallest absolute Gasteiger partial charge is 0.310 e. The lowest BCUT2D eigenvalue weighted by molar-refractivity contribution is 0.0674. The molecule has 1 rings (SSSR count). The van der Waals surface area contributed by atoms with E-state index < -0.39 is 5.91 Å². The van der Waals surface area contributed by atoms with E-state index in [4.69, 9.17) is 5.21 Å². The van der Waals surface area contributed by atoms with Gasteiger partial charge in [-0.1, -0.05) is 0 Å². The van der Waals surface area contributed by atoms with Gasteiger partial charge in [-0.05, 0) is 12.1 Å². The molecule has 1 aromatic rings. The Kier molecular flexibility index (Phi) is 2.03. The van der Waals surface area contributed by atoms with Gasteiger partial charge in [-0.2, -0.15) is 0 Å². The van der Waals surface area contributed by atoms with Gasteiger partial charge in [0.15, 0.2) is 17.8 Å². The molecule has 2 N–H and O–H groups in total. The summed E-state index contributed by atoms with van der Waals surface area (Å²) in [6.45, 7) is 0. The molecule has 0 unspecified atom stereocenters. The van der Waals surface area contributed by atoms with E-state index in [0.717, 1.165) is 0 Å². The summed E-state index contributed by atoms with van der Waals surface area (Å²) in [7, 11) is 0. The van der Waals surface area contributed by atoms with Crippen LogP contribution in [0.2, 0.25) is 0 Å². The Balaban J connectivity index is 2.88. The van der Waals surface area contributed by atoms with Gasteiger partial charge in [-0.25, -0.2) is 5.48 Å². The second-order valence-electron chi connectivity index (χ2n) is 1.76. The second kappa shape index (κ2) is 2.98. The molecule has 11 heavy (non-hydrogen) atoms. The maximum Gasteiger partial charge on any atom is 0.310 e. The molecule has 0 aliphatic rings. The lowest BCUT2D eigenvalue weighted by Gasteiger charge is -1.89. The molecule has 0 atom stereocenters. The van der Waals surface area contributed by atoms with Crippen LogP contribution in [0.25, 0.3) is 0 Å². The molecule has 1 heterocycles. The Morgan fingerprint density at radius 1 is 1.64 bits per heavy atom. The van der Waals surface area contributed by atoms with Crippen LogP contribution in [-0.2, 0) is 0 Å². The van der Waals surface area contributed by atoms with Gasteiger partial charge in [0, 0.05) is 0 Å². The zero-order valence-corrected chi connectivity index (χ0v) is 5.40. The fourth-order valence-electron chi connectivity index (χ4n) is 0.593. The number of carbonyl (C=O) groups excluding carboxylic acids is 2. The van der Waals surface area contributed by atoms with E-state index in [9.17, 15) is 9.59 Å². The minimum atomic E-state index is -0.780. The van der Waals surface area contributed by atoms with Crippen LogP contribution in [0.5, 0.6) is 0 Å². The first kappa shape index (κ1) is 7.49. The minimum Gasteiger partial charge on any atom is -0.448 e.